The number of likely N-dealkylation sites (tertiary alicyclic amines) is 1. The largest absolute Gasteiger partial charge is 0.406 e. The SMILES string of the molecule is O=C(NCc1ccc(F)c(CO)c1)C1CC(=O)N(CC(F)(F)F)C1. The predicted molar refractivity (Wildman–Crippen MR) is 74.9 cm³/mol. The molecule has 9 heteroatoms. The first-order chi connectivity index (χ1) is 11.2. The van der Waals surface area contributed by atoms with E-state index in [-0.39, 0.29) is 25.1 Å². The average molecular weight is 348 g/mol. The maximum absolute atomic E-state index is 13.3. The van der Waals surface area contributed by atoms with Crippen LogP contribution in [0.4, 0.5) is 17.6 Å². The van der Waals surface area contributed by atoms with Gasteiger partial charge in [-0.25, -0.2) is 4.39 Å². The molecule has 2 N–H and O–H groups in total. The van der Waals surface area contributed by atoms with Gasteiger partial charge in [0.05, 0.1) is 12.5 Å². The first-order valence-corrected chi connectivity index (χ1v) is 7.20. The molecule has 2 rings (SSSR count). The zero-order valence-corrected chi connectivity index (χ0v) is 12.6. The summed E-state index contributed by atoms with van der Waals surface area (Å²) >= 11 is 0. The molecule has 1 saturated heterocycles. The van der Waals surface area contributed by atoms with Gasteiger partial charge in [-0.3, -0.25) is 9.59 Å². The molecule has 0 aromatic heterocycles. The van der Waals surface area contributed by atoms with Crippen molar-refractivity contribution < 1.29 is 32.3 Å². The lowest BCUT2D eigenvalue weighted by Crippen LogP contribution is -2.37. The summed E-state index contributed by atoms with van der Waals surface area (Å²) in [5, 5.41) is 11.5. The van der Waals surface area contributed by atoms with Gasteiger partial charge in [-0.1, -0.05) is 6.07 Å². The highest BCUT2D eigenvalue weighted by Gasteiger charge is 2.40. The van der Waals surface area contributed by atoms with E-state index in [0.717, 1.165) is 6.07 Å². The van der Waals surface area contributed by atoms with Crippen LogP contribution in [0.2, 0.25) is 0 Å². The summed E-state index contributed by atoms with van der Waals surface area (Å²) in [6.45, 7) is -2.11. The van der Waals surface area contributed by atoms with Gasteiger partial charge in [-0.05, 0) is 17.7 Å². The summed E-state index contributed by atoms with van der Waals surface area (Å²) in [6.07, 6.45) is -4.77. The Bertz CT molecular complexity index is 634. The predicted octanol–water partition coefficient (Wildman–Crippen LogP) is 1.34. The first-order valence-electron chi connectivity index (χ1n) is 7.20. The molecule has 0 radical (unpaired) electrons. The van der Waals surface area contributed by atoms with Crippen molar-refractivity contribution in [3.8, 4) is 0 Å². The number of benzene rings is 1. The van der Waals surface area contributed by atoms with Crippen LogP contribution in [0.3, 0.4) is 0 Å². The lowest BCUT2D eigenvalue weighted by molar-refractivity contribution is -0.157. The Balaban J connectivity index is 1.90. The molecule has 1 aromatic rings. The molecule has 132 valence electrons. The van der Waals surface area contributed by atoms with Crippen molar-refractivity contribution in [2.45, 2.75) is 25.7 Å². The van der Waals surface area contributed by atoms with Gasteiger partial charge in [-0.15, -0.1) is 0 Å². The minimum atomic E-state index is -4.50. The summed E-state index contributed by atoms with van der Waals surface area (Å²) in [5.41, 5.74) is 0.611. The molecule has 1 aliphatic heterocycles. The molecule has 0 bridgehead atoms. The van der Waals surface area contributed by atoms with Gasteiger partial charge in [-0.2, -0.15) is 13.2 Å². The third kappa shape index (κ3) is 4.67. The van der Waals surface area contributed by atoms with Gasteiger partial charge < -0.3 is 15.3 Å². The molecule has 0 saturated carbocycles. The number of rotatable bonds is 5. The molecule has 0 spiro atoms. The number of aliphatic hydroxyl groups is 1. The molecule has 1 aliphatic rings. The van der Waals surface area contributed by atoms with Crippen molar-refractivity contribution in [1.29, 1.82) is 0 Å². The minimum Gasteiger partial charge on any atom is -0.392 e. The van der Waals surface area contributed by atoms with E-state index in [1.54, 1.807) is 0 Å². The summed E-state index contributed by atoms with van der Waals surface area (Å²) < 4.78 is 50.3. The number of hydrogen-bond donors (Lipinski definition) is 2. The summed E-state index contributed by atoms with van der Waals surface area (Å²) in [7, 11) is 0. The number of amides is 2. The van der Waals surface area contributed by atoms with Crippen LogP contribution >= 0.6 is 0 Å². The van der Waals surface area contributed by atoms with Crippen LogP contribution in [0.25, 0.3) is 0 Å². The number of carbonyl (C=O) groups is 2. The second-order valence-electron chi connectivity index (χ2n) is 5.59. The minimum absolute atomic E-state index is 0.0239. The Morgan fingerprint density at radius 3 is 2.71 bits per heavy atom. The van der Waals surface area contributed by atoms with E-state index >= 15 is 0 Å². The van der Waals surface area contributed by atoms with Crippen molar-refractivity contribution in [3.05, 3.63) is 35.1 Å². The van der Waals surface area contributed by atoms with Gasteiger partial charge >= 0.3 is 6.18 Å². The second-order valence-corrected chi connectivity index (χ2v) is 5.59. The molecule has 2 amide bonds. The fraction of sp³-hybridized carbons (Fsp3) is 0.467. The highest BCUT2D eigenvalue weighted by molar-refractivity contribution is 5.89. The van der Waals surface area contributed by atoms with E-state index in [0.29, 0.717) is 10.5 Å². The molecule has 24 heavy (non-hydrogen) atoms. The quantitative estimate of drug-likeness (QED) is 0.789. The molecular formula is C15H16F4N2O3. The van der Waals surface area contributed by atoms with Gasteiger partial charge in [0.1, 0.15) is 12.4 Å². The zero-order valence-electron chi connectivity index (χ0n) is 12.6. The lowest BCUT2D eigenvalue weighted by atomic mass is 10.1. The molecule has 1 heterocycles. The van der Waals surface area contributed by atoms with E-state index in [4.69, 9.17) is 5.11 Å². The molecule has 1 atom stereocenters. The average Bonchev–Trinajstić information content (AvgIpc) is 2.85. The number of aliphatic hydroxyl groups excluding tert-OH is 1. The van der Waals surface area contributed by atoms with Crippen LogP contribution in [0, 0.1) is 11.7 Å². The van der Waals surface area contributed by atoms with Crippen molar-refractivity contribution in [3.63, 3.8) is 0 Å². The summed E-state index contributed by atoms with van der Waals surface area (Å²) in [6, 6.07) is 3.95. The van der Waals surface area contributed by atoms with E-state index in [2.05, 4.69) is 5.32 Å². The van der Waals surface area contributed by atoms with Crippen LogP contribution in [0.1, 0.15) is 17.5 Å². The normalized spacial score (nSPS) is 18.1. The van der Waals surface area contributed by atoms with Gasteiger partial charge in [0, 0.05) is 25.1 Å². The van der Waals surface area contributed by atoms with E-state index in [9.17, 15) is 27.2 Å². The fourth-order valence-corrected chi connectivity index (χ4v) is 2.51. The first kappa shape index (κ1) is 18.2. The van der Waals surface area contributed by atoms with Gasteiger partial charge in [0.15, 0.2) is 0 Å². The number of nitrogens with zero attached hydrogens (tertiary/aromatic N) is 1. The highest BCUT2D eigenvalue weighted by atomic mass is 19.4. The Labute approximate surface area is 135 Å². The van der Waals surface area contributed by atoms with E-state index < -0.39 is 42.9 Å². The van der Waals surface area contributed by atoms with Crippen LogP contribution in [0.15, 0.2) is 18.2 Å². The van der Waals surface area contributed by atoms with Crippen molar-refractivity contribution in [2.24, 2.45) is 5.92 Å². The topological polar surface area (TPSA) is 69.6 Å². The Kier molecular flexibility index (Phi) is 5.43. The maximum atomic E-state index is 13.3. The van der Waals surface area contributed by atoms with Gasteiger partial charge in [0.2, 0.25) is 11.8 Å². The third-order valence-electron chi connectivity index (χ3n) is 3.70. The molecule has 0 aliphatic carbocycles. The Morgan fingerprint density at radius 1 is 1.38 bits per heavy atom. The Morgan fingerprint density at radius 2 is 2.08 bits per heavy atom. The zero-order chi connectivity index (χ0) is 17.9. The van der Waals surface area contributed by atoms with Crippen LogP contribution in [0.5, 0.6) is 0 Å². The molecule has 1 unspecified atom stereocenters. The monoisotopic (exact) mass is 348 g/mol. The fourth-order valence-electron chi connectivity index (χ4n) is 2.51. The van der Waals surface area contributed by atoms with Crippen molar-refractivity contribution in [2.75, 3.05) is 13.1 Å². The van der Waals surface area contributed by atoms with E-state index in [1.165, 1.54) is 12.1 Å². The second kappa shape index (κ2) is 7.16. The molecule has 5 nitrogen and oxygen atoms in total. The van der Waals surface area contributed by atoms with Crippen LogP contribution in [-0.4, -0.2) is 41.1 Å². The number of hydrogen-bond acceptors (Lipinski definition) is 3. The van der Waals surface area contributed by atoms with Crippen LogP contribution in [-0.2, 0) is 22.7 Å². The van der Waals surface area contributed by atoms with E-state index in [1.807, 2.05) is 0 Å². The summed E-state index contributed by atoms with van der Waals surface area (Å²) in [4.78, 5) is 24.2. The standard InChI is InChI=1S/C15H16F4N2O3/c16-12-2-1-9(3-11(12)7-22)5-20-14(24)10-4-13(23)21(6-10)8-15(17,18)19/h1-3,10,22H,4-8H2,(H,20,24). The molecule has 1 fully saturated rings. The lowest BCUT2D eigenvalue weighted by Gasteiger charge is -2.18. The van der Waals surface area contributed by atoms with Crippen LogP contribution < -0.4 is 5.32 Å². The third-order valence-corrected chi connectivity index (χ3v) is 3.70. The number of halogens is 4. The van der Waals surface area contributed by atoms with Crippen molar-refractivity contribution >= 4 is 11.8 Å². The van der Waals surface area contributed by atoms with Gasteiger partial charge in [0.25, 0.3) is 0 Å². The smallest absolute Gasteiger partial charge is 0.392 e. The number of nitrogens with one attached hydrogen (secondary N) is 1. The molecular weight excluding hydrogens is 332 g/mol. The molecule has 1 aromatic carbocycles. The highest BCUT2D eigenvalue weighted by Crippen LogP contribution is 2.24. The number of carbonyl (C=O) groups excluding carboxylic acids is 2. The maximum Gasteiger partial charge on any atom is 0.406 e. The van der Waals surface area contributed by atoms with Crippen molar-refractivity contribution in [1.82, 2.24) is 10.2 Å². The Hall–Kier alpha value is -2.16. The summed E-state index contributed by atoms with van der Waals surface area (Å²) in [5.74, 6) is -2.67. The number of alkyl halides is 3.